The molecule has 0 heterocycles. The molecule has 0 spiro atoms. The van der Waals surface area contributed by atoms with Gasteiger partial charge in [-0.05, 0) is 37.6 Å². The second kappa shape index (κ2) is 7.53. The van der Waals surface area contributed by atoms with Crippen LogP contribution in [0.3, 0.4) is 0 Å². The van der Waals surface area contributed by atoms with E-state index in [-0.39, 0.29) is 11.5 Å². The molecule has 2 N–H and O–H groups in total. The maximum Gasteiger partial charge on any atom is 0.335 e. The van der Waals surface area contributed by atoms with Crippen molar-refractivity contribution in [1.82, 2.24) is 5.32 Å². The molecule has 0 unspecified atom stereocenters. The number of aromatic carboxylic acids is 1. The summed E-state index contributed by atoms with van der Waals surface area (Å²) in [5.41, 5.74) is 1.13. The third-order valence-corrected chi connectivity index (χ3v) is 2.66. The summed E-state index contributed by atoms with van der Waals surface area (Å²) in [4.78, 5) is 22.5. The molecule has 5 nitrogen and oxygen atoms in total. The average Bonchev–Trinajstić information content (AvgIpc) is 2.39. The zero-order valence-corrected chi connectivity index (χ0v) is 11.2. The fourth-order valence-electron chi connectivity index (χ4n) is 1.75. The summed E-state index contributed by atoms with van der Waals surface area (Å²) in [6.45, 7) is 4.69. The van der Waals surface area contributed by atoms with Crippen molar-refractivity contribution in [2.75, 3.05) is 13.2 Å². The molecule has 104 valence electrons. The van der Waals surface area contributed by atoms with E-state index in [2.05, 4.69) is 5.32 Å². The smallest absolute Gasteiger partial charge is 0.335 e. The molecular weight excluding hydrogens is 246 g/mol. The first kappa shape index (κ1) is 15.2. The Bertz CT molecular complexity index is 428. The molecule has 1 aromatic carbocycles. The van der Waals surface area contributed by atoms with Gasteiger partial charge in [-0.25, -0.2) is 4.79 Å². The minimum absolute atomic E-state index is 0.236. The predicted octanol–water partition coefficient (Wildman–Crippen LogP) is 1.47. The largest absolute Gasteiger partial charge is 0.478 e. The van der Waals surface area contributed by atoms with E-state index in [0.717, 1.165) is 5.56 Å². The molecule has 5 heteroatoms. The number of esters is 1. The van der Waals surface area contributed by atoms with Crippen LogP contribution in [-0.2, 0) is 16.0 Å². The quantitative estimate of drug-likeness (QED) is 0.730. The van der Waals surface area contributed by atoms with E-state index in [1.54, 1.807) is 19.1 Å². The normalized spacial score (nSPS) is 11.9. The standard InChI is InChI=1S/C14H19NO4/c1-3-15-12(14(18)19-4-2)9-10-5-7-11(8-6-10)13(16)17/h5-8,12,15H,3-4,9H2,1-2H3,(H,16,17)/t12-/m0/s1. The van der Waals surface area contributed by atoms with E-state index in [1.807, 2.05) is 6.92 Å². The number of carbonyl (C=O) groups excluding carboxylic acids is 1. The summed E-state index contributed by atoms with van der Waals surface area (Å²) in [7, 11) is 0. The van der Waals surface area contributed by atoms with E-state index < -0.39 is 12.0 Å². The Labute approximate surface area is 112 Å². The van der Waals surface area contributed by atoms with E-state index >= 15 is 0 Å². The molecular formula is C14H19NO4. The summed E-state index contributed by atoms with van der Waals surface area (Å²) in [6.07, 6.45) is 0.479. The maximum absolute atomic E-state index is 11.7. The fraction of sp³-hybridized carbons (Fsp3) is 0.429. The second-order valence-electron chi connectivity index (χ2n) is 4.07. The molecule has 1 atom stereocenters. The van der Waals surface area contributed by atoms with Crippen LogP contribution in [0.4, 0.5) is 0 Å². The van der Waals surface area contributed by atoms with Gasteiger partial charge in [0.2, 0.25) is 0 Å². The molecule has 1 aromatic rings. The van der Waals surface area contributed by atoms with Crippen LogP contribution in [-0.4, -0.2) is 36.2 Å². The highest BCUT2D eigenvalue weighted by molar-refractivity contribution is 5.87. The van der Waals surface area contributed by atoms with Crippen molar-refractivity contribution in [2.45, 2.75) is 26.3 Å². The highest BCUT2D eigenvalue weighted by Gasteiger charge is 2.19. The number of nitrogens with one attached hydrogen (secondary N) is 1. The number of carbonyl (C=O) groups is 2. The van der Waals surface area contributed by atoms with Crippen molar-refractivity contribution in [3.8, 4) is 0 Å². The lowest BCUT2D eigenvalue weighted by atomic mass is 10.0. The van der Waals surface area contributed by atoms with Gasteiger partial charge in [-0.3, -0.25) is 4.79 Å². The molecule has 0 fully saturated rings. The highest BCUT2D eigenvalue weighted by atomic mass is 16.5. The third-order valence-electron chi connectivity index (χ3n) is 2.66. The maximum atomic E-state index is 11.7. The molecule has 0 aliphatic rings. The monoisotopic (exact) mass is 265 g/mol. The van der Waals surface area contributed by atoms with Crippen LogP contribution in [0.2, 0.25) is 0 Å². The summed E-state index contributed by atoms with van der Waals surface area (Å²) in [6, 6.07) is 6.10. The lowest BCUT2D eigenvalue weighted by Gasteiger charge is -2.16. The van der Waals surface area contributed by atoms with E-state index in [9.17, 15) is 9.59 Å². The number of likely N-dealkylation sites (N-methyl/N-ethyl adjacent to an activating group) is 1. The highest BCUT2D eigenvalue weighted by Crippen LogP contribution is 2.08. The first-order chi connectivity index (χ1) is 9.08. The number of ether oxygens (including phenoxy) is 1. The average molecular weight is 265 g/mol. The Balaban J connectivity index is 2.73. The van der Waals surface area contributed by atoms with Gasteiger partial charge in [-0.15, -0.1) is 0 Å². The van der Waals surface area contributed by atoms with Crippen molar-refractivity contribution in [2.24, 2.45) is 0 Å². The van der Waals surface area contributed by atoms with Crippen molar-refractivity contribution in [1.29, 1.82) is 0 Å². The van der Waals surface area contributed by atoms with E-state index in [0.29, 0.717) is 19.6 Å². The molecule has 0 radical (unpaired) electrons. The number of hydrogen-bond donors (Lipinski definition) is 2. The molecule has 0 aliphatic carbocycles. The van der Waals surface area contributed by atoms with E-state index in [4.69, 9.17) is 9.84 Å². The lowest BCUT2D eigenvalue weighted by Crippen LogP contribution is -2.39. The number of hydrogen-bond acceptors (Lipinski definition) is 4. The number of carboxylic acids is 1. The Morgan fingerprint density at radius 1 is 1.26 bits per heavy atom. The molecule has 0 aromatic heterocycles. The predicted molar refractivity (Wildman–Crippen MR) is 71.2 cm³/mol. The van der Waals surface area contributed by atoms with Crippen LogP contribution in [0.5, 0.6) is 0 Å². The summed E-state index contributed by atoms with van der Waals surface area (Å²) < 4.78 is 5.00. The first-order valence-corrected chi connectivity index (χ1v) is 6.30. The van der Waals surface area contributed by atoms with Gasteiger partial charge in [0.05, 0.1) is 12.2 Å². The van der Waals surface area contributed by atoms with Crippen molar-refractivity contribution >= 4 is 11.9 Å². The van der Waals surface area contributed by atoms with Gasteiger partial charge in [-0.2, -0.15) is 0 Å². The van der Waals surface area contributed by atoms with E-state index in [1.165, 1.54) is 12.1 Å². The Kier molecular flexibility index (Phi) is 6.02. The van der Waals surface area contributed by atoms with Gasteiger partial charge in [0, 0.05) is 0 Å². The second-order valence-corrected chi connectivity index (χ2v) is 4.07. The molecule has 0 aliphatic heterocycles. The lowest BCUT2D eigenvalue weighted by molar-refractivity contribution is -0.145. The van der Waals surface area contributed by atoms with Gasteiger partial charge in [0.25, 0.3) is 0 Å². The number of benzene rings is 1. The SMILES string of the molecule is CCN[C@@H](Cc1ccc(C(=O)O)cc1)C(=O)OCC. The van der Waals surface area contributed by atoms with Gasteiger partial charge < -0.3 is 15.2 Å². The molecule has 19 heavy (non-hydrogen) atoms. The van der Waals surface area contributed by atoms with Crippen LogP contribution >= 0.6 is 0 Å². The topological polar surface area (TPSA) is 75.6 Å². The van der Waals surface area contributed by atoms with Crippen LogP contribution in [0, 0.1) is 0 Å². The molecule has 0 saturated heterocycles. The van der Waals surface area contributed by atoms with Gasteiger partial charge in [0.1, 0.15) is 6.04 Å². The fourth-order valence-corrected chi connectivity index (χ4v) is 1.75. The van der Waals surface area contributed by atoms with Crippen LogP contribution in [0.25, 0.3) is 0 Å². The van der Waals surface area contributed by atoms with Gasteiger partial charge in [0.15, 0.2) is 0 Å². The number of rotatable bonds is 7. The zero-order chi connectivity index (χ0) is 14.3. The van der Waals surface area contributed by atoms with Gasteiger partial charge in [-0.1, -0.05) is 19.1 Å². The zero-order valence-electron chi connectivity index (χ0n) is 11.2. The molecule has 0 bridgehead atoms. The third kappa shape index (κ3) is 4.71. The van der Waals surface area contributed by atoms with Crippen LogP contribution in [0.1, 0.15) is 29.8 Å². The van der Waals surface area contributed by atoms with Crippen molar-refractivity contribution in [3.05, 3.63) is 35.4 Å². The van der Waals surface area contributed by atoms with Gasteiger partial charge >= 0.3 is 11.9 Å². The molecule has 0 saturated carbocycles. The first-order valence-electron chi connectivity index (χ1n) is 6.30. The van der Waals surface area contributed by atoms with Crippen molar-refractivity contribution < 1.29 is 19.4 Å². The number of carboxylic acid groups (broad SMARTS) is 1. The summed E-state index contributed by atoms with van der Waals surface area (Å²) >= 11 is 0. The van der Waals surface area contributed by atoms with Crippen LogP contribution in [0.15, 0.2) is 24.3 Å². The Morgan fingerprint density at radius 3 is 2.37 bits per heavy atom. The van der Waals surface area contributed by atoms with Crippen LogP contribution < -0.4 is 5.32 Å². The minimum atomic E-state index is -0.958. The summed E-state index contributed by atoms with van der Waals surface area (Å²) in [5, 5.41) is 11.9. The minimum Gasteiger partial charge on any atom is -0.478 e. The Morgan fingerprint density at radius 2 is 1.89 bits per heavy atom. The summed E-state index contributed by atoms with van der Waals surface area (Å²) in [5.74, 6) is -1.24. The molecule has 0 amide bonds. The van der Waals surface area contributed by atoms with Crippen molar-refractivity contribution in [3.63, 3.8) is 0 Å². The molecule has 1 rings (SSSR count). The Hall–Kier alpha value is -1.88.